The lowest BCUT2D eigenvalue weighted by Gasteiger charge is -2.09. The largest absolute Gasteiger partial charge is 0.204 e. The van der Waals surface area contributed by atoms with Crippen molar-refractivity contribution < 1.29 is 8.78 Å². The Hall–Kier alpha value is -1.12. The lowest BCUT2D eigenvalue weighted by molar-refractivity contribution is 0.530. The molecule has 0 saturated carbocycles. The molecule has 0 fully saturated rings. The molecule has 0 saturated heterocycles. The standard InChI is InChI=1S/C15H21BF2/c1-6-7-10(2)8-9-11(3)12(4)14(17)15(18)13(5)16/h9-10H,4-8H2,1-3H3/b11-9+,15-14-. The maximum absolute atomic E-state index is 13.6. The van der Waals surface area contributed by atoms with Crippen LogP contribution in [-0.4, -0.2) is 7.85 Å². The Labute approximate surface area is 111 Å². The highest BCUT2D eigenvalue weighted by Crippen LogP contribution is 2.26. The summed E-state index contributed by atoms with van der Waals surface area (Å²) in [5.41, 5.74) is 0.246. The van der Waals surface area contributed by atoms with Gasteiger partial charge in [-0.1, -0.05) is 44.8 Å². The van der Waals surface area contributed by atoms with Gasteiger partial charge in [0.15, 0.2) is 11.7 Å². The van der Waals surface area contributed by atoms with Gasteiger partial charge in [-0.25, -0.2) is 8.78 Å². The van der Waals surface area contributed by atoms with Crippen LogP contribution in [0.3, 0.4) is 0 Å². The predicted molar refractivity (Wildman–Crippen MR) is 75.7 cm³/mol. The van der Waals surface area contributed by atoms with Gasteiger partial charge in [0.1, 0.15) is 7.85 Å². The molecule has 0 bridgehead atoms. The summed E-state index contributed by atoms with van der Waals surface area (Å²) >= 11 is 0. The van der Waals surface area contributed by atoms with E-state index in [0.29, 0.717) is 11.5 Å². The van der Waals surface area contributed by atoms with E-state index in [2.05, 4.69) is 27.0 Å². The minimum absolute atomic E-state index is 0.0304. The zero-order chi connectivity index (χ0) is 14.3. The predicted octanol–water partition coefficient (Wildman–Crippen LogP) is 5.15. The average Bonchev–Trinajstić information content (AvgIpc) is 2.33. The molecule has 18 heavy (non-hydrogen) atoms. The number of hydrogen-bond acceptors (Lipinski definition) is 0. The second-order valence-electron chi connectivity index (χ2n) is 4.65. The van der Waals surface area contributed by atoms with E-state index >= 15 is 0 Å². The molecule has 0 N–H and O–H groups in total. The molecule has 0 spiro atoms. The van der Waals surface area contributed by atoms with Gasteiger partial charge in [0, 0.05) is 5.57 Å². The van der Waals surface area contributed by atoms with Gasteiger partial charge in [0.25, 0.3) is 0 Å². The Morgan fingerprint density at radius 1 is 1.28 bits per heavy atom. The van der Waals surface area contributed by atoms with Crippen LogP contribution < -0.4 is 0 Å². The van der Waals surface area contributed by atoms with Crippen molar-refractivity contribution >= 4 is 7.85 Å². The Bertz CT molecular complexity index is 378. The summed E-state index contributed by atoms with van der Waals surface area (Å²) in [7, 11) is 5.11. The quantitative estimate of drug-likeness (QED) is 0.433. The zero-order valence-electron chi connectivity index (χ0n) is 11.5. The fraction of sp³-hybridized carbons (Fsp3) is 0.467. The summed E-state index contributed by atoms with van der Waals surface area (Å²) in [6, 6.07) is 0. The maximum atomic E-state index is 13.6. The fourth-order valence-corrected chi connectivity index (χ4v) is 1.56. The van der Waals surface area contributed by atoms with Crippen LogP contribution in [0.5, 0.6) is 0 Å². The van der Waals surface area contributed by atoms with Crippen molar-refractivity contribution in [3.63, 3.8) is 0 Å². The number of rotatable bonds is 7. The molecule has 0 aromatic carbocycles. The van der Waals surface area contributed by atoms with Crippen molar-refractivity contribution in [1.82, 2.24) is 0 Å². The van der Waals surface area contributed by atoms with E-state index in [1.807, 2.05) is 6.08 Å². The van der Waals surface area contributed by atoms with Gasteiger partial charge in [-0.2, -0.15) is 0 Å². The molecule has 0 aromatic heterocycles. The highest BCUT2D eigenvalue weighted by molar-refractivity contribution is 6.23. The van der Waals surface area contributed by atoms with Crippen LogP contribution >= 0.6 is 0 Å². The van der Waals surface area contributed by atoms with Crippen LogP contribution in [0.15, 0.2) is 47.5 Å². The topological polar surface area (TPSA) is 0 Å². The average molecular weight is 250 g/mol. The van der Waals surface area contributed by atoms with Gasteiger partial charge in [-0.15, -0.1) is 6.58 Å². The first-order valence-corrected chi connectivity index (χ1v) is 6.17. The molecule has 0 aliphatic carbocycles. The molecule has 0 nitrogen and oxygen atoms in total. The molecule has 0 rings (SSSR count). The Morgan fingerprint density at radius 3 is 2.28 bits per heavy atom. The van der Waals surface area contributed by atoms with Crippen LogP contribution in [0.25, 0.3) is 0 Å². The van der Waals surface area contributed by atoms with E-state index in [1.165, 1.54) is 0 Å². The third-order valence-corrected chi connectivity index (χ3v) is 2.82. The van der Waals surface area contributed by atoms with E-state index in [1.54, 1.807) is 6.92 Å². The molecule has 98 valence electrons. The highest BCUT2D eigenvalue weighted by Gasteiger charge is 2.11. The summed E-state index contributed by atoms with van der Waals surface area (Å²) in [5, 5.41) is 0. The number of hydrogen-bond donors (Lipinski definition) is 0. The second kappa shape index (κ2) is 8.07. The maximum Gasteiger partial charge on any atom is 0.165 e. The van der Waals surface area contributed by atoms with Crippen LogP contribution in [-0.2, 0) is 0 Å². The van der Waals surface area contributed by atoms with Crippen molar-refractivity contribution in [3.8, 4) is 0 Å². The third-order valence-electron chi connectivity index (χ3n) is 2.82. The molecule has 0 aliphatic heterocycles. The molecule has 0 aromatic rings. The molecule has 2 radical (unpaired) electrons. The Kier molecular flexibility index (Phi) is 7.57. The lowest BCUT2D eigenvalue weighted by Crippen LogP contribution is -1.94. The third kappa shape index (κ3) is 5.48. The van der Waals surface area contributed by atoms with Crippen molar-refractivity contribution in [3.05, 3.63) is 47.5 Å². The van der Waals surface area contributed by atoms with Crippen LogP contribution in [0, 0.1) is 5.92 Å². The normalized spacial score (nSPS) is 15.1. The first-order valence-electron chi connectivity index (χ1n) is 6.17. The lowest BCUT2D eigenvalue weighted by atomic mass is 9.93. The molecule has 3 heteroatoms. The minimum Gasteiger partial charge on any atom is -0.204 e. The molecule has 1 atom stereocenters. The first kappa shape index (κ1) is 16.9. The second-order valence-corrected chi connectivity index (χ2v) is 4.65. The highest BCUT2D eigenvalue weighted by atomic mass is 19.2. The van der Waals surface area contributed by atoms with Gasteiger partial charge in [-0.05, 0) is 24.8 Å². The Balaban J connectivity index is 4.75. The molecular formula is C15H21BF2. The molecule has 0 aliphatic rings. The summed E-state index contributed by atoms with van der Waals surface area (Å²) in [6.07, 6.45) is 4.94. The SMILES string of the molecule is [B]C(=C)/C(F)=C(/F)C(=C)/C(C)=C/CC(C)CCC. The first-order chi connectivity index (χ1) is 8.31. The van der Waals surface area contributed by atoms with Crippen LogP contribution in [0.1, 0.15) is 40.0 Å². The van der Waals surface area contributed by atoms with E-state index in [9.17, 15) is 8.78 Å². The minimum atomic E-state index is -1.13. The monoisotopic (exact) mass is 250 g/mol. The fourth-order valence-electron chi connectivity index (χ4n) is 1.56. The van der Waals surface area contributed by atoms with Crippen LogP contribution in [0.4, 0.5) is 8.78 Å². The zero-order valence-corrected chi connectivity index (χ0v) is 11.5. The summed E-state index contributed by atoms with van der Waals surface area (Å²) < 4.78 is 26.8. The van der Waals surface area contributed by atoms with E-state index in [-0.39, 0.29) is 5.57 Å². The Morgan fingerprint density at radius 2 is 1.83 bits per heavy atom. The van der Waals surface area contributed by atoms with Gasteiger partial charge >= 0.3 is 0 Å². The van der Waals surface area contributed by atoms with E-state index < -0.39 is 17.1 Å². The van der Waals surface area contributed by atoms with Crippen molar-refractivity contribution in [2.45, 2.75) is 40.0 Å². The van der Waals surface area contributed by atoms with Crippen LogP contribution in [0.2, 0.25) is 0 Å². The number of allylic oxidation sites excluding steroid dienone is 6. The molecule has 0 amide bonds. The summed E-state index contributed by atoms with van der Waals surface area (Å²) in [5.74, 6) is -1.63. The van der Waals surface area contributed by atoms with Gasteiger partial charge < -0.3 is 0 Å². The van der Waals surface area contributed by atoms with E-state index in [4.69, 9.17) is 7.85 Å². The summed E-state index contributed by atoms with van der Waals surface area (Å²) in [4.78, 5) is 0. The smallest absolute Gasteiger partial charge is 0.165 e. The van der Waals surface area contributed by atoms with Crippen molar-refractivity contribution in [2.75, 3.05) is 0 Å². The molecule has 0 heterocycles. The number of halogens is 2. The van der Waals surface area contributed by atoms with Gasteiger partial charge in [0.05, 0.1) is 0 Å². The molecule has 1 unspecified atom stereocenters. The van der Waals surface area contributed by atoms with Gasteiger partial charge in [-0.3, -0.25) is 0 Å². The van der Waals surface area contributed by atoms with E-state index in [0.717, 1.165) is 19.3 Å². The van der Waals surface area contributed by atoms with Crippen molar-refractivity contribution in [1.29, 1.82) is 0 Å². The summed E-state index contributed by atoms with van der Waals surface area (Å²) in [6.45, 7) is 12.7. The van der Waals surface area contributed by atoms with Crippen molar-refractivity contribution in [2.24, 2.45) is 5.92 Å². The van der Waals surface area contributed by atoms with Gasteiger partial charge in [0.2, 0.25) is 0 Å². The molecular weight excluding hydrogens is 229 g/mol.